The zero-order valence-corrected chi connectivity index (χ0v) is 10.7. The Morgan fingerprint density at radius 1 is 1.44 bits per heavy atom. The van der Waals surface area contributed by atoms with Gasteiger partial charge in [0, 0.05) is 5.75 Å². The lowest BCUT2D eigenvalue weighted by atomic mass is 10.2. The Kier molecular flexibility index (Phi) is 3.10. The molecule has 0 aromatic heterocycles. The number of nitrogens with zero attached hydrogens (tertiary/aromatic N) is 2. The molecule has 2 aliphatic rings. The number of hydrazone groups is 1. The highest BCUT2D eigenvalue weighted by Crippen LogP contribution is 2.31. The first-order valence-electron chi connectivity index (χ1n) is 5.70. The molecule has 0 aliphatic carbocycles. The van der Waals surface area contributed by atoms with E-state index in [1.54, 1.807) is 18.0 Å². The van der Waals surface area contributed by atoms with Crippen molar-refractivity contribution in [2.75, 3.05) is 12.5 Å². The SMILES string of the molecule is CC1CSC(N/N=C/c2ccc3c(c2)OCO3)=N1. The molecule has 1 aromatic rings. The molecular weight excluding hydrogens is 250 g/mol. The molecule has 18 heavy (non-hydrogen) atoms. The van der Waals surface area contributed by atoms with Crippen LogP contribution in [0.1, 0.15) is 12.5 Å². The zero-order chi connectivity index (χ0) is 12.4. The van der Waals surface area contributed by atoms with E-state index in [0.717, 1.165) is 28.0 Å². The van der Waals surface area contributed by atoms with Crippen molar-refractivity contribution < 1.29 is 9.47 Å². The van der Waals surface area contributed by atoms with Gasteiger partial charge in [0.25, 0.3) is 0 Å². The summed E-state index contributed by atoms with van der Waals surface area (Å²) in [6.07, 6.45) is 1.74. The minimum Gasteiger partial charge on any atom is -0.454 e. The summed E-state index contributed by atoms with van der Waals surface area (Å²) in [6.45, 7) is 2.38. The summed E-state index contributed by atoms with van der Waals surface area (Å²) in [6, 6.07) is 6.09. The number of ether oxygens (including phenoxy) is 2. The van der Waals surface area contributed by atoms with Gasteiger partial charge in [-0.1, -0.05) is 11.8 Å². The minimum absolute atomic E-state index is 0.291. The van der Waals surface area contributed by atoms with Crippen molar-refractivity contribution in [3.63, 3.8) is 0 Å². The molecule has 0 saturated heterocycles. The van der Waals surface area contributed by atoms with Crippen LogP contribution in [0.2, 0.25) is 0 Å². The zero-order valence-electron chi connectivity index (χ0n) is 9.92. The minimum atomic E-state index is 0.291. The van der Waals surface area contributed by atoms with Gasteiger partial charge in [-0.05, 0) is 30.7 Å². The Labute approximate surface area is 109 Å². The molecule has 6 heteroatoms. The molecule has 0 fully saturated rings. The van der Waals surface area contributed by atoms with E-state index >= 15 is 0 Å². The Hall–Kier alpha value is -1.69. The normalized spacial score (nSPS) is 21.4. The van der Waals surface area contributed by atoms with Crippen molar-refractivity contribution in [3.05, 3.63) is 23.8 Å². The largest absolute Gasteiger partial charge is 0.454 e. The number of fused-ring (bicyclic) bond motifs is 1. The summed E-state index contributed by atoms with van der Waals surface area (Å²) in [5.41, 5.74) is 3.90. The molecule has 3 rings (SSSR count). The predicted molar refractivity (Wildman–Crippen MR) is 72.6 cm³/mol. The highest BCUT2D eigenvalue weighted by molar-refractivity contribution is 8.14. The number of hydrogen-bond acceptors (Lipinski definition) is 6. The van der Waals surface area contributed by atoms with Crippen molar-refractivity contribution in [1.29, 1.82) is 0 Å². The second-order valence-electron chi connectivity index (χ2n) is 4.08. The molecular formula is C12H13N3O2S. The number of amidine groups is 1. The summed E-state index contributed by atoms with van der Waals surface area (Å²) in [4.78, 5) is 4.39. The van der Waals surface area contributed by atoms with Crippen LogP contribution in [-0.2, 0) is 0 Å². The third-order valence-corrected chi connectivity index (χ3v) is 3.69. The van der Waals surface area contributed by atoms with Gasteiger partial charge in [-0.2, -0.15) is 5.10 Å². The molecule has 5 nitrogen and oxygen atoms in total. The van der Waals surface area contributed by atoms with Crippen LogP contribution >= 0.6 is 11.8 Å². The molecule has 0 amide bonds. The topological polar surface area (TPSA) is 55.2 Å². The molecule has 0 spiro atoms. The Balaban J connectivity index is 1.64. The molecule has 0 bridgehead atoms. The number of hydrogen-bond donors (Lipinski definition) is 1. The lowest BCUT2D eigenvalue weighted by Gasteiger charge is -1.98. The predicted octanol–water partition coefficient (Wildman–Crippen LogP) is 1.83. The van der Waals surface area contributed by atoms with Gasteiger partial charge in [0.2, 0.25) is 6.79 Å². The van der Waals surface area contributed by atoms with E-state index in [4.69, 9.17) is 9.47 Å². The molecule has 1 aromatic carbocycles. The average molecular weight is 263 g/mol. The van der Waals surface area contributed by atoms with Gasteiger partial charge < -0.3 is 9.47 Å². The van der Waals surface area contributed by atoms with Crippen molar-refractivity contribution in [3.8, 4) is 11.5 Å². The molecule has 1 N–H and O–H groups in total. The summed E-state index contributed by atoms with van der Waals surface area (Å²) < 4.78 is 10.5. The Morgan fingerprint density at radius 2 is 2.33 bits per heavy atom. The first-order valence-corrected chi connectivity index (χ1v) is 6.69. The van der Waals surface area contributed by atoms with Gasteiger partial charge >= 0.3 is 0 Å². The van der Waals surface area contributed by atoms with Crippen molar-refractivity contribution >= 4 is 23.1 Å². The first-order chi connectivity index (χ1) is 8.81. The van der Waals surface area contributed by atoms with Gasteiger partial charge in [0.05, 0.1) is 12.3 Å². The highest BCUT2D eigenvalue weighted by Gasteiger charge is 2.13. The highest BCUT2D eigenvalue weighted by atomic mass is 32.2. The molecule has 2 aliphatic heterocycles. The maximum Gasteiger partial charge on any atom is 0.231 e. The summed E-state index contributed by atoms with van der Waals surface area (Å²) >= 11 is 1.69. The fourth-order valence-electron chi connectivity index (χ4n) is 1.69. The van der Waals surface area contributed by atoms with Gasteiger partial charge in [-0.25, -0.2) is 0 Å². The number of rotatable bonds is 2. The van der Waals surface area contributed by atoms with E-state index in [9.17, 15) is 0 Å². The smallest absolute Gasteiger partial charge is 0.231 e. The van der Waals surface area contributed by atoms with Gasteiger partial charge in [-0.15, -0.1) is 0 Å². The van der Waals surface area contributed by atoms with Crippen molar-refractivity contribution in [2.24, 2.45) is 10.1 Å². The molecule has 2 heterocycles. The van der Waals surface area contributed by atoms with Crippen molar-refractivity contribution in [1.82, 2.24) is 5.43 Å². The molecule has 1 atom stereocenters. The van der Waals surface area contributed by atoms with Crippen LogP contribution < -0.4 is 14.9 Å². The summed E-state index contributed by atoms with van der Waals surface area (Å²) in [5, 5.41) is 5.04. The van der Waals surface area contributed by atoms with Crippen LogP contribution in [-0.4, -0.2) is 30.0 Å². The second kappa shape index (κ2) is 4.89. The molecule has 0 saturated carbocycles. The fourth-order valence-corrected chi connectivity index (χ4v) is 2.54. The third-order valence-electron chi connectivity index (χ3n) is 2.57. The lowest BCUT2D eigenvalue weighted by Crippen LogP contribution is -2.11. The van der Waals surface area contributed by atoms with E-state index in [0.29, 0.717) is 12.8 Å². The van der Waals surface area contributed by atoms with E-state index in [1.165, 1.54) is 0 Å². The van der Waals surface area contributed by atoms with Gasteiger partial charge in [-0.3, -0.25) is 10.4 Å². The first kappa shape index (κ1) is 11.4. The van der Waals surface area contributed by atoms with E-state index < -0.39 is 0 Å². The van der Waals surface area contributed by atoms with Crippen LogP contribution in [0.3, 0.4) is 0 Å². The van der Waals surface area contributed by atoms with Crippen LogP contribution in [0.5, 0.6) is 11.5 Å². The van der Waals surface area contributed by atoms with Crippen LogP contribution in [0.25, 0.3) is 0 Å². The fraction of sp³-hybridized carbons (Fsp3) is 0.333. The third kappa shape index (κ3) is 2.43. The van der Waals surface area contributed by atoms with E-state index in [2.05, 4.69) is 22.4 Å². The number of aliphatic imine (C=N–C) groups is 1. The molecule has 0 radical (unpaired) electrons. The average Bonchev–Trinajstić information content (AvgIpc) is 2.97. The lowest BCUT2D eigenvalue weighted by molar-refractivity contribution is 0.174. The monoisotopic (exact) mass is 263 g/mol. The number of thioether (sulfide) groups is 1. The number of nitrogens with one attached hydrogen (secondary N) is 1. The Bertz CT molecular complexity index is 516. The quantitative estimate of drug-likeness (QED) is 0.653. The van der Waals surface area contributed by atoms with E-state index in [-0.39, 0.29) is 0 Å². The number of benzene rings is 1. The van der Waals surface area contributed by atoms with Crippen LogP contribution in [0.4, 0.5) is 0 Å². The van der Waals surface area contributed by atoms with E-state index in [1.807, 2.05) is 18.2 Å². The molecule has 1 unspecified atom stereocenters. The second-order valence-corrected chi connectivity index (χ2v) is 5.09. The molecule has 94 valence electrons. The Morgan fingerprint density at radius 3 is 3.17 bits per heavy atom. The van der Waals surface area contributed by atoms with Crippen LogP contribution in [0, 0.1) is 0 Å². The van der Waals surface area contributed by atoms with Gasteiger partial charge in [0.15, 0.2) is 16.7 Å². The standard InChI is InChI=1S/C12H13N3O2S/c1-8-6-18-12(14-8)15-13-5-9-2-3-10-11(4-9)17-7-16-10/h2-5,8H,6-7H2,1H3,(H,14,15)/b13-5+. The summed E-state index contributed by atoms with van der Waals surface area (Å²) in [5.74, 6) is 2.56. The maximum absolute atomic E-state index is 5.30. The van der Waals surface area contributed by atoms with Crippen molar-refractivity contribution in [2.45, 2.75) is 13.0 Å². The summed E-state index contributed by atoms with van der Waals surface area (Å²) in [7, 11) is 0. The van der Waals surface area contributed by atoms with Gasteiger partial charge in [0.1, 0.15) is 0 Å². The van der Waals surface area contributed by atoms with Crippen LogP contribution in [0.15, 0.2) is 28.3 Å². The maximum atomic E-state index is 5.30.